The van der Waals surface area contributed by atoms with Crippen LogP contribution in [0.15, 0.2) is 23.1 Å². The Hall–Kier alpha value is -1.78. The molecule has 10 heteroatoms. The molecular weight excluding hydrogens is 443 g/mol. The number of nitrogens with one attached hydrogen (secondary N) is 2. The molecule has 2 N–H and O–H groups in total. The van der Waals surface area contributed by atoms with Crippen molar-refractivity contribution in [2.24, 2.45) is 5.92 Å². The zero-order chi connectivity index (χ0) is 23.3. The molecule has 6 nitrogen and oxygen atoms in total. The molecule has 0 radical (unpaired) electrons. The molecule has 1 aromatic rings. The molecule has 0 bridgehead atoms. The van der Waals surface area contributed by atoms with Gasteiger partial charge >= 0.3 is 6.18 Å². The summed E-state index contributed by atoms with van der Waals surface area (Å²) in [6.07, 6.45) is -2.50. The van der Waals surface area contributed by atoms with Crippen molar-refractivity contribution >= 4 is 29.3 Å². The van der Waals surface area contributed by atoms with E-state index in [1.165, 1.54) is 6.07 Å². The van der Waals surface area contributed by atoms with Gasteiger partial charge in [0.05, 0.1) is 29.7 Å². The maximum absolute atomic E-state index is 12.9. The number of carbonyl (C=O) groups is 2. The number of amides is 2. The van der Waals surface area contributed by atoms with E-state index in [0.29, 0.717) is 30.6 Å². The predicted molar refractivity (Wildman–Crippen MR) is 118 cm³/mol. The monoisotopic (exact) mass is 473 g/mol. The van der Waals surface area contributed by atoms with E-state index >= 15 is 0 Å². The third-order valence-corrected chi connectivity index (χ3v) is 7.39. The van der Waals surface area contributed by atoms with Crippen LogP contribution in [0.3, 0.4) is 0 Å². The molecule has 2 heterocycles. The van der Waals surface area contributed by atoms with Gasteiger partial charge in [0.25, 0.3) is 0 Å². The van der Waals surface area contributed by atoms with Crippen molar-refractivity contribution in [3.05, 3.63) is 23.8 Å². The number of rotatable bonds is 8. The highest BCUT2D eigenvalue weighted by atomic mass is 32.2. The molecule has 2 amide bonds. The van der Waals surface area contributed by atoms with E-state index < -0.39 is 22.9 Å². The molecule has 1 saturated heterocycles. The van der Waals surface area contributed by atoms with E-state index in [4.69, 9.17) is 4.74 Å². The molecule has 0 aliphatic carbocycles. The second-order valence-corrected chi connectivity index (χ2v) is 9.35. The van der Waals surface area contributed by atoms with Crippen LogP contribution in [0.2, 0.25) is 0 Å². The Morgan fingerprint density at radius 2 is 1.97 bits per heavy atom. The van der Waals surface area contributed by atoms with Crippen LogP contribution in [0, 0.1) is 5.92 Å². The molecule has 178 valence electrons. The third-order valence-electron chi connectivity index (χ3n) is 6.11. The number of thioether (sulfide) groups is 1. The third kappa shape index (κ3) is 6.17. The van der Waals surface area contributed by atoms with Gasteiger partial charge < -0.3 is 15.4 Å². The molecule has 2 unspecified atom stereocenters. The van der Waals surface area contributed by atoms with Gasteiger partial charge in [-0.1, -0.05) is 26.7 Å². The van der Waals surface area contributed by atoms with E-state index in [2.05, 4.69) is 29.4 Å². The number of ether oxygens (including phenoxy) is 1. The maximum atomic E-state index is 12.9. The zero-order valence-corrected chi connectivity index (χ0v) is 19.2. The summed E-state index contributed by atoms with van der Waals surface area (Å²) in [7, 11) is 0. The lowest BCUT2D eigenvalue weighted by Gasteiger charge is -2.39. The fourth-order valence-corrected chi connectivity index (χ4v) is 5.35. The van der Waals surface area contributed by atoms with Crippen LogP contribution in [0.5, 0.6) is 0 Å². The van der Waals surface area contributed by atoms with Gasteiger partial charge in [-0.05, 0) is 24.1 Å². The van der Waals surface area contributed by atoms with Crippen LogP contribution < -0.4 is 10.6 Å². The first-order valence-corrected chi connectivity index (χ1v) is 11.9. The van der Waals surface area contributed by atoms with Gasteiger partial charge in [0, 0.05) is 37.0 Å². The summed E-state index contributed by atoms with van der Waals surface area (Å²) in [5.41, 5.74) is -0.684. The summed E-state index contributed by atoms with van der Waals surface area (Å²) in [6.45, 7) is 7.80. The van der Waals surface area contributed by atoms with E-state index in [-0.39, 0.29) is 24.1 Å². The standard InChI is InChI=1S/C22H30F3N3O3S/c1-3-14(4-2)17(28-7-9-31-10-8-28)13-26-20(29)12-19-21(30)27-16-11-15(22(23,24)25)5-6-18(16)32-19/h5-6,11,14,17,19H,3-4,7-10,12-13H2,1-2H3,(H,26,29)(H,27,30). The largest absolute Gasteiger partial charge is 0.416 e. The fourth-order valence-electron chi connectivity index (χ4n) is 4.26. The van der Waals surface area contributed by atoms with Gasteiger partial charge in [-0.2, -0.15) is 13.2 Å². The van der Waals surface area contributed by atoms with Crippen molar-refractivity contribution in [2.45, 2.75) is 55.5 Å². The highest BCUT2D eigenvalue weighted by Crippen LogP contribution is 2.40. The van der Waals surface area contributed by atoms with Crippen molar-refractivity contribution in [3.63, 3.8) is 0 Å². The van der Waals surface area contributed by atoms with Gasteiger partial charge in [-0.15, -0.1) is 11.8 Å². The molecule has 0 saturated carbocycles. The molecule has 2 aliphatic rings. The van der Waals surface area contributed by atoms with Crippen molar-refractivity contribution < 1.29 is 27.5 Å². The van der Waals surface area contributed by atoms with E-state index in [0.717, 1.165) is 49.8 Å². The average molecular weight is 474 g/mol. The quantitative estimate of drug-likeness (QED) is 0.602. The number of alkyl halides is 3. The van der Waals surface area contributed by atoms with Crippen LogP contribution in [0.1, 0.15) is 38.7 Å². The highest BCUT2D eigenvalue weighted by Gasteiger charge is 2.34. The Labute approximate surface area is 190 Å². The summed E-state index contributed by atoms with van der Waals surface area (Å²) in [4.78, 5) is 28.0. The summed E-state index contributed by atoms with van der Waals surface area (Å²) >= 11 is 1.12. The first-order valence-electron chi connectivity index (χ1n) is 11.0. The Morgan fingerprint density at radius 3 is 2.59 bits per heavy atom. The van der Waals surface area contributed by atoms with Gasteiger partial charge in [0.1, 0.15) is 0 Å². The minimum absolute atomic E-state index is 0.0320. The molecule has 2 aliphatic heterocycles. The highest BCUT2D eigenvalue weighted by molar-refractivity contribution is 8.01. The maximum Gasteiger partial charge on any atom is 0.416 e. The van der Waals surface area contributed by atoms with Crippen LogP contribution >= 0.6 is 11.8 Å². The van der Waals surface area contributed by atoms with Crippen LogP contribution in [-0.2, 0) is 20.5 Å². The lowest BCUT2D eigenvalue weighted by Crippen LogP contribution is -2.52. The van der Waals surface area contributed by atoms with Gasteiger partial charge in [-0.25, -0.2) is 0 Å². The Bertz CT molecular complexity index is 811. The summed E-state index contributed by atoms with van der Waals surface area (Å²) in [6, 6.07) is 3.46. The Balaban J connectivity index is 1.59. The lowest BCUT2D eigenvalue weighted by atomic mass is 9.92. The SMILES string of the molecule is CCC(CC)C(CNC(=O)CC1Sc2ccc(C(F)(F)F)cc2NC1=O)N1CCOCC1. The van der Waals surface area contributed by atoms with Crippen LogP contribution in [0.25, 0.3) is 0 Å². The van der Waals surface area contributed by atoms with Crippen molar-refractivity contribution in [3.8, 4) is 0 Å². The normalized spacial score (nSPS) is 20.6. The number of anilines is 1. The van der Waals surface area contributed by atoms with Crippen LogP contribution in [0.4, 0.5) is 18.9 Å². The van der Waals surface area contributed by atoms with Crippen LogP contribution in [-0.4, -0.2) is 60.9 Å². The minimum Gasteiger partial charge on any atom is -0.379 e. The molecule has 2 atom stereocenters. The number of hydrogen-bond acceptors (Lipinski definition) is 5. The number of benzene rings is 1. The molecule has 0 spiro atoms. The minimum atomic E-state index is -4.48. The number of fused-ring (bicyclic) bond motifs is 1. The predicted octanol–water partition coefficient (Wildman–Crippen LogP) is 3.76. The number of nitrogens with zero attached hydrogens (tertiary/aromatic N) is 1. The van der Waals surface area contributed by atoms with E-state index in [9.17, 15) is 22.8 Å². The molecular formula is C22H30F3N3O3S. The smallest absolute Gasteiger partial charge is 0.379 e. The molecule has 0 aromatic heterocycles. The van der Waals surface area contributed by atoms with Gasteiger partial charge in [0.2, 0.25) is 11.8 Å². The topological polar surface area (TPSA) is 70.7 Å². The molecule has 32 heavy (non-hydrogen) atoms. The first-order chi connectivity index (χ1) is 15.2. The fraction of sp³-hybridized carbons (Fsp3) is 0.636. The average Bonchev–Trinajstić information content (AvgIpc) is 2.76. The number of morpholine rings is 1. The summed E-state index contributed by atoms with van der Waals surface area (Å²) in [5.74, 6) is -0.255. The van der Waals surface area contributed by atoms with E-state index in [1.54, 1.807) is 0 Å². The van der Waals surface area contributed by atoms with Gasteiger partial charge in [0.15, 0.2) is 0 Å². The molecule has 1 fully saturated rings. The lowest BCUT2D eigenvalue weighted by molar-refractivity contribution is -0.137. The van der Waals surface area contributed by atoms with Crippen molar-refractivity contribution in [1.29, 1.82) is 0 Å². The number of carbonyl (C=O) groups excluding carboxylic acids is 2. The number of halogens is 3. The van der Waals surface area contributed by atoms with E-state index in [1.807, 2.05) is 0 Å². The van der Waals surface area contributed by atoms with Crippen molar-refractivity contribution in [1.82, 2.24) is 10.2 Å². The second kappa shape index (κ2) is 10.9. The zero-order valence-electron chi connectivity index (χ0n) is 18.3. The molecule has 1 aromatic carbocycles. The summed E-state index contributed by atoms with van der Waals surface area (Å²) < 4.78 is 44.2. The Kier molecular flexibility index (Phi) is 8.46. The first kappa shape index (κ1) is 24.9. The van der Waals surface area contributed by atoms with Crippen molar-refractivity contribution in [2.75, 3.05) is 38.2 Å². The second-order valence-electron chi connectivity index (χ2n) is 8.10. The van der Waals surface area contributed by atoms with Gasteiger partial charge in [-0.3, -0.25) is 14.5 Å². The summed E-state index contributed by atoms with van der Waals surface area (Å²) in [5, 5.41) is 4.82. The Morgan fingerprint density at radius 1 is 1.28 bits per heavy atom. The molecule has 3 rings (SSSR count). The number of hydrogen-bond donors (Lipinski definition) is 2.